The van der Waals surface area contributed by atoms with Gasteiger partial charge in [0.25, 0.3) is 0 Å². The van der Waals surface area contributed by atoms with E-state index in [0.717, 1.165) is 0 Å². The zero-order valence-corrected chi connectivity index (χ0v) is 15.6. The van der Waals surface area contributed by atoms with Crippen LogP contribution < -0.4 is 28.5 Å². The third-order valence-electron chi connectivity index (χ3n) is 4.14. The van der Waals surface area contributed by atoms with Crippen LogP contribution in [0.4, 0.5) is 0 Å². The second kappa shape index (κ2) is 6.65. The molecule has 0 saturated carbocycles. The Hall–Kier alpha value is -1.62. The summed E-state index contributed by atoms with van der Waals surface area (Å²) < 4.78 is 4.31. The molecule has 3 rings (SSSR count). The highest BCUT2D eigenvalue weighted by molar-refractivity contribution is 5.94. The zero-order valence-electron chi connectivity index (χ0n) is 13.5. The first-order chi connectivity index (χ1) is 10.1. The molecule has 0 N–H and O–H groups in total. The predicted molar refractivity (Wildman–Crippen MR) is 88.9 cm³/mol. The van der Waals surface area contributed by atoms with Crippen molar-refractivity contribution in [2.75, 3.05) is 0 Å². The molecular weight excluding hydrogens is 383 g/mol. The number of nitrogens with zero attached hydrogens (tertiary/aromatic N) is 2. The van der Waals surface area contributed by atoms with E-state index in [4.69, 9.17) is 0 Å². The summed E-state index contributed by atoms with van der Waals surface area (Å²) in [6.07, 6.45) is 8.55. The molecule has 0 saturated heterocycles. The number of pyridine rings is 1. The van der Waals surface area contributed by atoms with Gasteiger partial charge in [-0.1, -0.05) is 23.8 Å². The molecule has 0 radical (unpaired) electrons. The largest absolute Gasteiger partial charge is 1.00 e. The van der Waals surface area contributed by atoms with E-state index in [1.807, 2.05) is 11.6 Å². The lowest BCUT2D eigenvalue weighted by atomic mass is 10.1. The van der Waals surface area contributed by atoms with Crippen molar-refractivity contribution < 1.29 is 28.5 Å². The number of hydrogen-bond acceptors (Lipinski definition) is 0. The average Bonchev–Trinajstić information content (AvgIpc) is 2.70. The maximum Gasteiger partial charge on any atom is 0.169 e. The van der Waals surface area contributed by atoms with Crippen molar-refractivity contribution in [3.63, 3.8) is 0 Å². The summed E-state index contributed by atoms with van der Waals surface area (Å²) in [5.74, 6) is 0. The third kappa shape index (κ3) is 3.09. The van der Waals surface area contributed by atoms with Gasteiger partial charge in [0.05, 0.1) is 0 Å². The molecular formula is C19H21IN2. The van der Waals surface area contributed by atoms with Gasteiger partial charge in [-0.3, -0.25) is 0 Å². The predicted octanol–water partition coefficient (Wildman–Crippen LogP) is 0.794. The minimum absolute atomic E-state index is 0. The molecule has 3 aromatic rings. The number of halogens is 1. The molecule has 0 fully saturated rings. The molecule has 0 bridgehead atoms. The van der Waals surface area contributed by atoms with Crippen molar-refractivity contribution >= 4 is 23.1 Å². The first kappa shape index (κ1) is 16.7. The Kier molecular flexibility index (Phi) is 5.06. The Morgan fingerprint density at radius 2 is 1.68 bits per heavy atom. The number of aryl methyl sites for hydroxylation is 3. The number of rotatable bonds is 2. The summed E-state index contributed by atoms with van der Waals surface area (Å²) in [6, 6.07) is 10.9. The second-order valence-electron chi connectivity index (χ2n) is 5.71. The maximum absolute atomic E-state index is 2.27. The second-order valence-corrected chi connectivity index (χ2v) is 5.71. The minimum atomic E-state index is 0. The SMILES string of the molecule is Cc1ccc2c(c1)c(C=Cc1cc[n+](C)cc1)c(C)n2C.[I-]. The van der Waals surface area contributed by atoms with Gasteiger partial charge in [-0.15, -0.1) is 0 Å². The number of fused-ring (bicyclic) bond motifs is 1. The van der Waals surface area contributed by atoms with E-state index in [2.05, 4.69) is 80.3 Å². The van der Waals surface area contributed by atoms with E-state index in [0.29, 0.717) is 0 Å². The van der Waals surface area contributed by atoms with Gasteiger partial charge in [0.15, 0.2) is 12.4 Å². The Balaban J connectivity index is 0.00000176. The summed E-state index contributed by atoms with van der Waals surface area (Å²) in [5, 5.41) is 1.33. The van der Waals surface area contributed by atoms with Gasteiger partial charge in [0, 0.05) is 41.3 Å². The molecule has 0 atom stereocenters. The first-order valence-electron chi connectivity index (χ1n) is 7.25. The lowest BCUT2D eigenvalue weighted by molar-refractivity contribution is -0.671. The van der Waals surface area contributed by atoms with Crippen molar-refractivity contribution in [2.24, 2.45) is 14.1 Å². The molecule has 0 spiro atoms. The minimum Gasteiger partial charge on any atom is -1.00 e. The van der Waals surface area contributed by atoms with E-state index in [-0.39, 0.29) is 24.0 Å². The van der Waals surface area contributed by atoms with Crippen LogP contribution >= 0.6 is 0 Å². The van der Waals surface area contributed by atoms with E-state index < -0.39 is 0 Å². The van der Waals surface area contributed by atoms with E-state index in [1.54, 1.807) is 0 Å². The van der Waals surface area contributed by atoms with Crippen LogP contribution in [0.15, 0.2) is 42.7 Å². The Labute approximate surface area is 149 Å². The highest BCUT2D eigenvalue weighted by Gasteiger charge is 2.09. The fourth-order valence-electron chi connectivity index (χ4n) is 2.73. The van der Waals surface area contributed by atoms with Crippen molar-refractivity contribution in [3.8, 4) is 0 Å². The summed E-state index contributed by atoms with van der Waals surface area (Å²) >= 11 is 0. The number of aromatic nitrogens is 2. The molecule has 0 aliphatic carbocycles. The summed E-state index contributed by atoms with van der Waals surface area (Å²) in [4.78, 5) is 0. The molecule has 2 heterocycles. The van der Waals surface area contributed by atoms with Gasteiger partial charge in [0.2, 0.25) is 0 Å². The molecule has 0 aliphatic rings. The smallest absolute Gasteiger partial charge is 0.169 e. The normalized spacial score (nSPS) is 11.1. The van der Waals surface area contributed by atoms with Gasteiger partial charge in [-0.2, -0.15) is 0 Å². The quantitative estimate of drug-likeness (QED) is 0.442. The van der Waals surface area contributed by atoms with Gasteiger partial charge >= 0.3 is 0 Å². The van der Waals surface area contributed by atoms with Crippen LogP contribution in [-0.2, 0) is 14.1 Å². The molecule has 0 unspecified atom stereocenters. The van der Waals surface area contributed by atoms with Gasteiger partial charge < -0.3 is 28.5 Å². The Morgan fingerprint density at radius 3 is 2.36 bits per heavy atom. The highest BCUT2D eigenvalue weighted by Crippen LogP contribution is 2.27. The van der Waals surface area contributed by atoms with Crippen LogP contribution in [0.2, 0.25) is 0 Å². The molecule has 3 heteroatoms. The van der Waals surface area contributed by atoms with Crippen molar-refractivity contribution in [1.82, 2.24) is 4.57 Å². The number of hydrogen-bond donors (Lipinski definition) is 0. The monoisotopic (exact) mass is 404 g/mol. The fourth-order valence-corrected chi connectivity index (χ4v) is 2.73. The van der Waals surface area contributed by atoms with E-state index >= 15 is 0 Å². The lowest BCUT2D eigenvalue weighted by Crippen LogP contribution is -3.00. The van der Waals surface area contributed by atoms with Gasteiger partial charge in [-0.25, -0.2) is 4.57 Å². The zero-order chi connectivity index (χ0) is 15.0. The maximum atomic E-state index is 2.27. The Morgan fingerprint density at radius 1 is 1.00 bits per heavy atom. The molecule has 1 aromatic carbocycles. The van der Waals surface area contributed by atoms with Crippen LogP contribution in [0.1, 0.15) is 22.4 Å². The Bertz CT molecular complexity index is 827. The molecule has 114 valence electrons. The van der Waals surface area contributed by atoms with Crippen LogP contribution in [-0.4, -0.2) is 4.57 Å². The topological polar surface area (TPSA) is 8.81 Å². The van der Waals surface area contributed by atoms with Gasteiger partial charge in [-0.05, 0) is 31.5 Å². The summed E-state index contributed by atoms with van der Waals surface area (Å²) in [6.45, 7) is 4.33. The highest BCUT2D eigenvalue weighted by atomic mass is 127. The summed E-state index contributed by atoms with van der Waals surface area (Å²) in [7, 11) is 4.16. The third-order valence-corrected chi connectivity index (χ3v) is 4.14. The molecule has 2 nitrogen and oxygen atoms in total. The fraction of sp³-hybridized carbons (Fsp3) is 0.211. The molecule has 0 aliphatic heterocycles. The van der Waals surface area contributed by atoms with Crippen molar-refractivity contribution in [3.05, 3.63) is 65.1 Å². The van der Waals surface area contributed by atoms with Crippen LogP contribution in [0.25, 0.3) is 23.1 Å². The van der Waals surface area contributed by atoms with Crippen molar-refractivity contribution in [1.29, 1.82) is 0 Å². The summed E-state index contributed by atoms with van der Waals surface area (Å²) in [5.41, 5.74) is 6.42. The number of benzene rings is 1. The lowest BCUT2D eigenvalue weighted by Gasteiger charge is -1.98. The van der Waals surface area contributed by atoms with Gasteiger partial charge in [0.1, 0.15) is 7.05 Å². The van der Waals surface area contributed by atoms with Crippen LogP contribution in [0.3, 0.4) is 0 Å². The van der Waals surface area contributed by atoms with Crippen LogP contribution in [0, 0.1) is 13.8 Å². The molecule has 0 amide bonds. The molecule has 22 heavy (non-hydrogen) atoms. The van der Waals surface area contributed by atoms with E-state index in [1.165, 1.54) is 33.3 Å². The van der Waals surface area contributed by atoms with E-state index in [9.17, 15) is 0 Å². The average molecular weight is 404 g/mol. The standard InChI is InChI=1S/C19H21N2.HI/c1-14-5-8-19-18(13-14)17(15(2)21(19)4)7-6-16-9-11-20(3)12-10-16;/h5-13H,1-4H3;1H/q+1;/p-1. The first-order valence-corrected chi connectivity index (χ1v) is 7.25. The van der Waals surface area contributed by atoms with Crippen molar-refractivity contribution in [2.45, 2.75) is 13.8 Å². The van der Waals surface area contributed by atoms with Crippen LogP contribution in [0.5, 0.6) is 0 Å². The molecule has 2 aromatic heterocycles.